The summed E-state index contributed by atoms with van der Waals surface area (Å²) in [5.41, 5.74) is 6.64. The van der Waals surface area contributed by atoms with Crippen LogP contribution in [0.2, 0.25) is 0 Å². The Labute approximate surface area is 224 Å². The van der Waals surface area contributed by atoms with Gasteiger partial charge in [0.2, 0.25) is 5.91 Å². The zero-order chi connectivity index (χ0) is 27.4. The van der Waals surface area contributed by atoms with E-state index >= 15 is 0 Å². The Bertz CT molecular complexity index is 1550. The summed E-state index contributed by atoms with van der Waals surface area (Å²) in [6.45, 7) is 2.25. The van der Waals surface area contributed by atoms with Crippen molar-refractivity contribution in [3.8, 4) is 22.8 Å². The van der Waals surface area contributed by atoms with Crippen molar-refractivity contribution < 1.29 is 23.8 Å². The molecule has 1 aliphatic carbocycles. The van der Waals surface area contributed by atoms with Gasteiger partial charge in [0.25, 0.3) is 0 Å². The molecule has 1 amide bonds. The van der Waals surface area contributed by atoms with Crippen molar-refractivity contribution in [3.63, 3.8) is 0 Å². The van der Waals surface area contributed by atoms with E-state index in [0.717, 1.165) is 18.4 Å². The summed E-state index contributed by atoms with van der Waals surface area (Å²) in [6, 6.07) is 12.9. The van der Waals surface area contributed by atoms with Gasteiger partial charge in [0, 0.05) is 34.9 Å². The van der Waals surface area contributed by atoms with Gasteiger partial charge in [-0.1, -0.05) is 11.3 Å². The van der Waals surface area contributed by atoms with E-state index in [-0.39, 0.29) is 30.3 Å². The molecule has 1 fully saturated rings. The molecule has 0 bridgehead atoms. The summed E-state index contributed by atoms with van der Waals surface area (Å²) in [5.74, 6) is -0.0833. The van der Waals surface area contributed by atoms with E-state index in [4.69, 9.17) is 20.2 Å². The molecule has 1 aliphatic heterocycles. The number of hydrogen-bond donors (Lipinski definition) is 2. The summed E-state index contributed by atoms with van der Waals surface area (Å²) in [7, 11) is 1.51. The van der Waals surface area contributed by atoms with Gasteiger partial charge in [0.05, 0.1) is 19.0 Å². The first-order chi connectivity index (χ1) is 18.7. The number of pyridine rings is 1. The molecule has 6 rings (SSSR count). The topological polar surface area (TPSA) is 125 Å². The molecule has 3 N–H and O–H groups in total. The van der Waals surface area contributed by atoms with Gasteiger partial charge in [0.1, 0.15) is 35.0 Å². The Morgan fingerprint density at radius 2 is 2.05 bits per heavy atom. The average Bonchev–Trinajstić information content (AvgIpc) is 3.54. The van der Waals surface area contributed by atoms with Crippen LogP contribution < -0.4 is 15.2 Å². The SMILES string of the molecule is COc1cccc(C(N)=O)c1C[C@@](O)(c1cc2c(c(-c3ccc(F)cc3)n1)OC[C@]2(C)n1ccnn1)C1CC1. The van der Waals surface area contributed by atoms with Crippen molar-refractivity contribution in [1.29, 1.82) is 0 Å². The molecule has 2 aromatic carbocycles. The number of rotatable bonds is 8. The molecule has 10 heteroatoms. The molecule has 200 valence electrons. The highest BCUT2D eigenvalue weighted by Crippen LogP contribution is 2.52. The standard InChI is InChI=1S/C29H28FN5O4/c1-28(35-13-12-32-34-35)16-39-26-22(28)14-24(33-25(26)17-6-10-19(30)11-7-17)29(37,18-8-9-18)15-21-20(27(31)36)4-3-5-23(21)38-2/h3-7,10-14,18,37H,8-9,15-16H2,1-2H3,(H2,31,36)/t28-,29-/m0/s1. The third-order valence-electron chi connectivity index (χ3n) is 7.86. The highest BCUT2D eigenvalue weighted by atomic mass is 19.1. The number of carbonyl (C=O) groups is 1. The molecular formula is C29H28FN5O4. The van der Waals surface area contributed by atoms with E-state index in [9.17, 15) is 14.3 Å². The fraction of sp³-hybridized carbons (Fsp3) is 0.310. The van der Waals surface area contributed by atoms with E-state index in [1.165, 1.54) is 19.2 Å². The minimum Gasteiger partial charge on any atom is -0.496 e. The first kappa shape index (κ1) is 25.0. The highest BCUT2D eigenvalue weighted by Gasteiger charge is 2.50. The summed E-state index contributed by atoms with van der Waals surface area (Å²) in [5, 5.41) is 20.7. The number of ether oxygens (including phenoxy) is 2. The molecule has 2 atom stereocenters. The highest BCUT2D eigenvalue weighted by molar-refractivity contribution is 5.95. The molecule has 4 aromatic rings. The fourth-order valence-electron chi connectivity index (χ4n) is 5.50. The van der Waals surface area contributed by atoms with Crippen LogP contribution in [0.15, 0.2) is 60.9 Å². The number of hydrogen-bond acceptors (Lipinski definition) is 7. The van der Waals surface area contributed by atoms with Crippen LogP contribution in [0.4, 0.5) is 4.39 Å². The second-order valence-corrected chi connectivity index (χ2v) is 10.4. The lowest BCUT2D eigenvalue weighted by Crippen LogP contribution is -2.36. The van der Waals surface area contributed by atoms with Crippen LogP contribution in [0.5, 0.6) is 11.5 Å². The molecule has 0 unspecified atom stereocenters. The number of methoxy groups -OCH3 is 1. The van der Waals surface area contributed by atoms with Gasteiger partial charge in [-0.25, -0.2) is 14.1 Å². The van der Waals surface area contributed by atoms with E-state index < -0.39 is 17.0 Å². The molecule has 2 aliphatic rings. The summed E-state index contributed by atoms with van der Waals surface area (Å²) >= 11 is 0. The molecule has 1 saturated carbocycles. The maximum Gasteiger partial charge on any atom is 0.249 e. The second-order valence-electron chi connectivity index (χ2n) is 10.4. The maximum atomic E-state index is 13.8. The zero-order valence-electron chi connectivity index (χ0n) is 21.6. The third-order valence-corrected chi connectivity index (χ3v) is 7.86. The zero-order valence-corrected chi connectivity index (χ0v) is 21.6. The quantitative estimate of drug-likeness (QED) is 0.357. The molecule has 0 saturated heterocycles. The number of aromatic nitrogens is 4. The van der Waals surface area contributed by atoms with Gasteiger partial charge < -0.3 is 20.3 Å². The Kier molecular flexibility index (Phi) is 5.87. The van der Waals surface area contributed by atoms with Crippen LogP contribution >= 0.6 is 0 Å². The van der Waals surface area contributed by atoms with Crippen molar-refractivity contribution in [3.05, 3.63) is 89.1 Å². The molecule has 0 radical (unpaired) electrons. The van der Waals surface area contributed by atoms with Crippen LogP contribution in [0.3, 0.4) is 0 Å². The average molecular weight is 530 g/mol. The van der Waals surface area contributed by atoms with E-state index in [2.05, 4.69) is 10.3 Å². The van der Waals surface area contributed by atoms with Gasteiger partial charge in [-0.3, -0.25) is 4.79 Å². The molecular weight excluding hydrogens is 501 g/mol. The monoisotopic (exact) mass is 529 g/mol. The van der Waals surface area contributed by atoms with Crippen molar-refractivity contribution in [1.82, 2.24) is 20.0 Å². The first-order valence-electron chi connectivity index (χ1n) is 12.7. The van der Waals surface area contributed by atoms with Crippen molar-refractivity contribution in [2.45, 2.75) is 37.3 Å². The lowest BCUT2D eigenvalue weighted by Gasteiger charge is -2.31. The van der Waals surface area contributed by atoms with Crippen molar-refractivity contribution >= 4 is 5.91 Å². The normalized spacial score (nSPS) is 19.7. The lowest BCUT2D eigenvalue weighted by molar-refractivity contribution is 0.00817. The Balaban J connectivity index is 1.57. The maximum absolute atomic E-state index is 13.8. The van der Waals surface area contributed by atoms with Gasteiger partial charge >= 0.3 is 0 Å². The number of halogens is 1. The van der Waals surface area contributed by atoms with Gasteiger partial charge in [0.15, 0.2) is 5.75 Å². The second kappa shape index (κ2) is 9.16. The molecule has 9 nitrogen and oxygen atoms in total. The minimum absolute atomic E-state index is 0.0650. The number of benzene rings is 2. The number of amides is 1. The smallest absolute Gasteiger partial charge is 0.249 e. The number of nitrogens with two attached hydrogens (primary N) is 1. The van der Waals surface area contributed by atoms with Crippen LogP contribution in [0.25, 0.3) is 11.3 Å². The molecule has 3 heterocycles. The van der Waals surface area contributed by atoms with Crippen molar-refractivity contribution in [2.75, 3.05) is 13.7 Å². The molecule has 0 spiro atoms. The van der Waals surface area contributed by atoms with Crippen molar-refractivity contribution in [2.24, 2.45) is 11.7 Å². The fourth-order valence-corrected chi connectivity index (χ4v) is 5.50. The number of aliphatic hydroxyl groups is 1. The van der Waals surface area contributed by atoms with Crippen LogP contribution in [0.1, 0.15) is 46.9 Å². The van der Waals surface area contributed by atoms with Gasteiger partial charge in [-0.2, -0.15) is 0 Å². The van der Waals surface area contributed by atoms with Gasteiger partial charge in [-0.05, 0) is 68.1 Å². The number of nitrogens with zero attached hydrogens (tertiary/aromatic N) is 4. The minimum atomic E-state index is -1.45. The number of primary amides is 1. The van der Waals surface area contributed by atoms with Crippen LogP contribution in [-0.2, 0) is 17.6 Å². The number of fused-ring (bicyclic) bond motifs is 1. The number of carbonyl (C=O) groups excluding carboxylic acids is 1. The molecule has 2 aromatic heterocycles. The van der Waals surface area contributed by atoms with Gasteiger partial charge in [-0.15, -0.1) is 5.10 Å². The first-order valence-corrected chi connectivity index (χ1v) is 12.7. The predicted octanol–water partition coefficient (Wildman–Crippen LogP) is 3.58. The largest absolute Gasteiger partial charge is 0.496 e. The Morgan fingerprint density at radius 1 is 1.28 bits per heavy atom. The van der Waals surface area contributed by atoms with Crippen LogP contribution in [0, 0.1) is 11.7 Å². The van der Waals surface area contributed by atoms with E-state index in [1.54, 1.807) is 47.4 Å². The Hall–Kier alpha value is -4.31. The van der Waals surface area contributed by atoms with E-state index in [1.807, 2.05) is 13.0 Å². The summed E-state index contributed by atoms with van der Waals surface area (Å²) < 4.78 is 27.3. The Morgan fingerprint density at radius 3 is 2.69 bits per heavy atom. The summed E-state index contributed by atoms with van der Waals surface area (Å²) in [6.07, 6.45) is 5.00. The summed E-state index contributed by atoms with van der Waals surface area (Å²) in [4.78, 5) is 17.3. The van der Waals surface area contributed by atoms with E-state index in [0.29, 0.717) is 34.0 Å². The lowest BCUT2D eigenvalue weighted by atomic mass is 9.82. The predicted molar refractivity (Wildman–Crippen MR) is 140 cm³/mol. The third kappa shape index (κ3) is 4.11. The van der Waals surface area contributed by atoms with Crippen LogP contribution in [-0.4, -0.2) is 44.7 Å². The molecule has 39 heavy (non-hydrogen) atoms.